The van der Waals surface area contributed by atoms with E-state index >= 15 is 0 Å². The van der Waals surface area contributed by atoms with Crippen molar-refractivity contribution in [3.8, 4) is 0 Å². The summed E-state index contributed by atoms with van der Waals surface area (Å²) in [4.78, 5) is 10.7. The summed E-state index contributed by atoms with van der Waals surface area (Å²) in [5.74, 6) is -2.68. The SMILES string of the molecule is CCOC(=O)CS(=O)c1cc(F)ccc1F. The van der Waals surface area contributed by atoms with Gasteiger partial charge in [0.05, 0.1) is 22.3 Å². The van der Waals surface area contributed by atoms with Gasteiger partial charge >= 0.3 is 5.97 Å². The average molecular weight is 248 g/mol. The third kappa shape index (κ3) is 3.37. The number of carbonyl (C=O) groups excluding carboxylic acids is 1. The highest BCUT2D eigenvalue weighted by atomic mass is 32.2. The summed E-state index contributed by atoms with van der Waals surface area (Å²) in [5, 5.41) is 0. The van der Waals surface area contributed by atoms with Crippen LogP contribution in [0.25, 0.3) is 0 Å². The fourth-order valence-electron chi connectivity index (χ4n) is 1.04. The van der Waals surface area contributed by atoms with E-state index in [9.17, 15) is 17.8 Å². The van der Waals surface area contributed by atoms with Crippen LogP contribution in [-0.2, 0) is 20.3 Å². The van der Waals surface area contributed by atoms with Gasteiger partial charge < -0.3 is 4.74 Å². The molecular weight excluding hydrogens is 238 g/mol. The normalized spacial score (nSPS) is 12.2. The maximum absolute atomic E-state index is 13.1. The summed E-state index contributed by atoms with van der Waals surface area (Å²) in [7, 11) is -1.93. The summed E-state index contributed by atoms with van der Waals surface area (Å²) < 4.78 is 42.0. The number of carbonyl (C=O) groups is 1. The van der Waals surface area contributed by atoms with E-state index in [0.29, 0.717) is 0 Å². The fourth-order valence-corrected chi connectivity index (χ4v) is 2.02. The fraction of sp³-hybridized carbons (Fsp3) is 0.300. The van der Waals surface area contributed by atoms with Crippen LogP contribution in [0.5, 0.6) is 0 Å². The molecule has 88 valence electrons. The van der Waals surface area contributed by atoms with Gasteiger partial charge in [0, 0.05) is 0 Å². The zero-order valence-electron chi connectivity index (χ0n) is 8.54. The van der Waals surface area contributed by atoms with E-state index in [1.807, 2.05) is 0 Å². The van der Waals surface area contributed by atoms with E-state index in [1.165, 1.54) is 0 Å². The van der Waals surface area contributed by atoms with Crippen LogP contribution in [0.3, 0.4) is 0 Å². The number of halogens is 2. The Balaban J connectivity index is 2.80. The van der Waals surface area contributed by atoms with Crippen molar-refractivity contribution in [3.63, 3.8) is 0 Å². The molecule has 0 heterocycles. The van der Waals surface area contributed by atoms with Crippen LogP contribution < -0.4 is 0 Å². The Bertz CT molecular complexity index is 421. The van der Waals surface area contributed by atoms with E-state index in [-0.39, 0.29) is 11.5 Å². The molecule has 1 aromatic carbocycles. The lowest BCUT2D eigenvalue weighted by atomic mass is 10.3. The Hall–Kier alpha value is -1.30. The second kappa shape index (κ2) is 5.69. The molecule has 0 aliphatic carbocycles. The van der Waals surface area contributed by atoms with E-state index in [1.54, 1.807) is 6.92 Å². The number of esters is 1. The van der Waals surface area contributed by atoms with Crippen LogP contribution in [0.4, 0.5) is 8.78 Å². The second-order valence-electron chi connectivity index (χ2n) is 2.87. The quantitative estimate of drug-likeness (QED) is 0.761. The summed E-state index contributed by atoms with van der Waals surface area (Å²) >= 11 is 0. The Morgan fingerprint density at radius 2 is 2.12 bits per heavy atom. The molecule has 0 bridgehead atoms. The maximum atomic E-state index is 13.1. The van der Waals surface area contributed by atoms with Crippen molar-refractivity contribution in [3.05, 3.63) is 29.8 Å². The molecule has 0 N–H and O–H groups in total. The monoisotopic (exact) mass is 248 g/mol. The molecule has 0 saturated carbocycles. The molecular formula is C10H10F2O3S. The van der Waals surface area contributed by atoms with Crippen LogP contribution in [0, 0.1) is 11.6 Å². The summed E-state index contributed by atoms with van der Waals surface area (Å²) in [6.45, 7) is 1.76. The van der Waals surface area contributed by atoms with Crippen LogP contribution >= 0.6 is 0 Å². The first-order valence-corrected chi connectivity index (χ1v) is 5.85. The summed E-state index contributed by atoms with van der Waals surface area (Å²) in [5.41, 5.74) is 0. The van der Waals surface area contributed by atoms with Crippen LogP contribution in [0.1, 0.15) is 6.92 Å². The second-order valence-corrected chi connectivity index (χ2v) is 4.29. The molecule has 0 fully saturated rings. The van der Waals surface area contributed by atoms with Gasteiger partial charge in [0.25, 0.3) is 0 Å². The van der Waals surface area contributed by atoms with E-state index < -0.39 is 34.2 Å². The lowest BCUT2D eigenvalue weighted by molar-refractivity contribution is -0.139. The molecule has 0 aliphatic rings. The smallest absolute Gasteiger partial charge is 0.318 e. The molecule has 3 nitrogen and oxygen atoms in total. The minimum atomic E-state index is -1.93. The average Bonchev–Trinajstić information content (AvgIpc) is 2.21. The van der Waals surface area contributed by atoms with Crippen molar-refractivity contribution < 1.29 is 22.5 Å². The third-order valence-electron chi connectivity index (χ3n) is 1.69. The predicted molar refractivity (Wildman–Crippen MR) is 54.3 cm³/mol. The van der Waals surface area contributed by atoms with Crippen molar-refractivity contribution >= 4 is 16.8 Å². The first kappa shape index (κ1) is 12.8. The van der Waals surface area contributed by atoms with Gasteiger partial charge in [-0.05, 0) is 25.1 Å². The van der Waals surface area contributed by atoms with Crippen molar-refractivity contribution in [2.24, 2.45) is 0 Å². The van der Waals surface area contributed by atoms with Crippen molar-refractivity contribution in [2.75, 3.05) is 12.4 Å². The maximum Gasteiger partial charge on any atom is 0.318 e. The van der Waals surface area contributed by atoms with Gasteiger partial charge in [-0.15, -0.1) is 0 Å². The molecule has 0 saturated heterocycles. The zero-order valence-corrected chi connectivity index (χ0v) is 9.35. The number of ether oxygens (including phenoxy) is 1. The molecule has 1 rings (SSSR count). The molecule has 0 aromatic heterocycles. The van der Waals surface area contributed by atoms with Gasteiger partial charge in [-0.2, -0.15) is 0 Å². The van der Waals surface area contributed by atoms with E-state index in [0.717, 1.165) is 18.2 Å². The Labute approximate surface area is 93.9 Å². The molecule has 6 heteroatoms. The van der Waals surface area contributed by atoms with Gasteiger partial charge in [-0.1, -0.05) is 0 Å². The summed E-state index contributed by atoms with van der Waals surface area (Å²) in [6.07, 6.45) is 0. The van der Waals surface area contributed by atoms with Gasteiger partial charge in [-0.25, -0.2) is 8.78 Å². The molecule has 1 unspecified atom stereocenters. The standard InChI is InChI=1S/C10H10F2O3S/c1-2-15-10(13)6-16(14)9-5-7(11)3-4-8(9)12/h3-5H,2,6H2,1H3. The lowest BCUT2D eigenvalue weighted by Gasteiger charge is -2.03. The minimum Gasteiger partial charge on any atom is -0.465 e. The van der Waals surface area contributed by atoms with Crippen LogP contribution in [0.2, 0.25) is 0 Å². The third-order valence-corrected chi connectivity index (χ3v) is 2.99. The number of rotatable bonds is 4. The number of hydrogen-bond donors (Lipinski definition) is 0. The topological polar surface area (TPSA) is 43.4 Å². The first-order valence-electron chi connectivity index (χ1n) is 4.53. The first-order chi connectivity index (χ1) is 7.54. The minimum absolute atomic E-state index is 0.154. The molecule has 1 aromatic rings. The Kier molecular flexibility index (Phi) is 4.54. The van der Waals surface area contributed by atoms with E-state index in [2.05, 4.69) is 4.74 Å². The van der Waals surface area contributed by atoms with Gasteiger partial charge in [0.15, 0.2) is 0 Å². The Morgan fingerprint density at radius 3 is 2.75 bits per heavy atom. The van der Waals surface area contributed by atoms with Gasteiger partial charge in [0.1, 0.15) is 17.4 Å². The van der Waals surface area contributed by atoms with Gasteiger partial charge in [0.2, 0.25) is 0 Å². The Morgan fingerprint density at radius 1 is 1.44 bits per heavy atom. The van der Waals surface area contributed by atoms with Gasteiger partial charge in [-0.3, -0.25) is 9.00 Å². The molecule has 16 heavy (non-hydrogen) atoms. The molecule has 0 spiro atoms. The highest BCUT2D eigenvalue weighted by Gasteiger charge is 2.15. The van der Waals surface area contributed by atoms with Crippen molar-refractivity contribution in [1.29, 1.82) is 0 Å². The molecule has 0 amide bonds. The van der Waals surface area contributed by atoms with Crippen molar-refractivity contribution in [2.45, 2.75) is 11.8 Å². The summed E-state index contributed by atoms with van der Waals surface area (Å²) in [6, 6.07) is 2.60. The highest BCUT2D eigenvalue weighted by molar-refractivity contribution is 7.85. The van der Waals surface area contributed by atoms with Crippen molar-refractivity contribution in [1.82, 2.24) is 0 Å². The predicted octanol–water partition coefficient (Wildman–Crippen LogP) is 1.64. The molecule has 0 aliphatic heterocycles. The molecule has 1 atom stereocenters. The number of benzene rings is 1. The lowest BCUT2D eigenvalue weighted by Crippen LogP contribution is -2.14. The highest BCUT2D eigenvalue weighted by Crippen LogP contribution is 2.14. The number of hydrogen-bond acceptors (Lipinski definition) is 3. The van der Waals surface area contributed by atoms with Crippen LogP contribution in [0.15, 0.2) is 23.1 Å². The van der Waals surface area contributed by atoms with Crippen LogP contribution in [-0.4, -0.2) is 22.5 Å². The largest absolute Gasteiger partial charge is 0.465 e. The zero-order chi connectivity index (χ0) is 12.1. The van der Waals surface area contributed by atoms with E-state index in [4.69, 9.17) is 0 Å². The molecule has 0 radical (unpaired) electrons.